The molecule has 0 aliphatic rings. The van der Waals surface area contributed by atoms with Gasteiger partial charge in [-0.2, -0.15) is 0 Å². The van der Waals surface area contributed by atoms with E-state index >= 15 is 0 Å². The third-order valence-corrected chi connectivity index (χ3v) is 0.942. The van der Waals surface area contributed by atoms with Gasteiger partial charge in [0.2, 0.25) is 0 Å². The molecule has 1 N–H and O–H groups in total. The van der Waals surface area contributed by atoms with Gasteiger partial charge >= 0.3 is 0 Å². The monoisotopic (exact) mass is 142 g/mol. The summed E-state index contributed by atoms with van der Waals surface area (Å²) in [5, 5.41) is 0. The first-order valence-corrected chi connectivity index (χ1v) is 2.86. The molecule has 0 aliphatic heterocycles. The second-order valence-corrected chi connectivity index (χ2v) is 1.71. The lowest BCUT2D eigenvalue weighted by Gasteiger charge is -1.92. The zero-order valence-electron chi connectivity index (χ0n) is 4.65. The van der Waals surface area contributed by atoms with Crippen molar-refractivity contribution in [2.45, 2.75) is 6.54 Å². The van der Waals surface area contributed by atoms with Crippen LogP contribution in [0.1, 0.15) is 5.82 Å². The molecule has 0 amide bonds. The third kappa shape index (κ3) is 1.95. The van der Waals surface area contributed by atoms with E-state index in [-0.39, 0.29) is 0 Å². The second-order valence-electron chi connectivity index (χ2n) is 1.39. The first-order valence-electron chi connectivity index (χ1n) is 2.41. The second kappa shape index (κ2) is 3.37. The topological polar surface area (TPSA) is 50.7 Å². The summed E-state index contributed by atoms with van der Waals surface area (Å²) in [6.07, 6.45) is 2.90. The first kappa shape index (κ1) is 6.44. The summed E-state index contributed by atoms with van der Waals surface area (Å²) in [6.45, 7) is 0.561. The Bertz CT molecular complexity index is 165. The Morgan fingerprint density at radius 3 is 2.67 bits per heavy atom. The molecule has 5 heteroatoms. The van der Waals surface area contributed by atoms with Crippen LogP contribution in [0.25, 0.3) is 0 Å². The predicted octanol–water partition coefficient (Wildman–Crippen LogP) is -0.194. The fourth-order valence-corrected chi connectivity index (χ4v) is 0.567. The van der Waals surface area contributed by atoms with E-state index in [1.807, 2.05) is 0 Å². The Hall–Kier alpha value is -0.680. The van der Waals surface area contributed by atoms with Crippen LogP contribution in [-0.2, 0) is 6.54 Å². The van der Waals surface area contributed by atoms with Crippen molar-refractivity contribution in [1.29, 1.82) is 0 Å². The highest BCUT2D eigenvalue weighted by Crippen LogP contribution is 1.82. The molecule has 0 atom stereocenters. The van der Waals surface area contributed by atoms with Gasteiger partial charge in [0.15, 0.2) is 0 Å². The molecule has 9 heavy (non-hydrogen) atoms. The fourth-order valence-electron chi connectivity index (χ4n) is 0.425. The van der Waals surface area contributed by atoms with Gasteiger partial charge in [-0.3, -0.25) is 4.72 Å². The quantitative estimate of drug-likeness (QED) is 0.562. The van der Waals surface area contributed by atoms with E-state index in [0.29, 0.717) is 12.4 Å². The number of rotatable bonds is 2. The van der Waals surface area contributed by atoms with Gasteiger partial charge in [0.1, 0.15) is 18.5 Å². The van der Waals surface area contributed by atoms with Crippen molar-refractivity contribution in [3.8, 4) is 0 Å². The van der Waals surface area contributed by atoms with Crippen molar-refractivity contribution in [1.82, 2.24) is 19.7 Å². The lowest BCUT2D eigenvalue weighted by molar-refractivity contribution is 0.839. The maximum absolute atomic E-state index is 3.83. The molecule has 0 aromatic carbocycles. The fraction of sp³-hybridized carbons (Fsp3) is 0.250. The summed E-state index contributed by atoms with van der Waals surface area (Å²) >= 11 is 3.78. The standard InChI is InChI=1S/C4H6N4S/c9-8-1-4-6-2-5-3-7-4/h2-3,8-9H,1H2. The van der Waals surface area contributed by atoms with Gasteiger partial charge in [0.25, 0.3) is 0 Å². The molecule has 1 aromatic heterocycles. The molecule has 0 bridgehead atoms. The van der Waals surface area contributed by atoms with Crippen molar-refractivity contribution in [3.05, 3.63) is 18.5 Å². The lowest BCUT2D eigenvalue weighted by Crippen LogP contribution is -2.03. The number of nitrogens with zero attached hydrogens (tertiary/aromatic N) is 3. The van der Waals surface area contributed by atoms with Crippen LogP contribution < -0.4 is 4.72 Å². The van der Waals surface area contributed by atoms with Crippen LogP contribution in [0, 0.1) is 0 Å². The minimum atomic E-state index is 0.561. The van der Waals surface area contributed by atoms with E-state index in [1.54, 1.807) is 0 Å². The Labute approximate surface area is 58.3 Å². The highest BCUT2D eigenvalue weighted by atomic mass is 32.1. The van der Waals surface area contributed by atoms with Crippen LogP contribution in [0.3, 0.4) is 0 Å². The van der Waals surface area contributed by atoms with Crippen molar-refractivity contribution in [2.75, 3.05) is 0 Å². The van der Waals surface area contributed by atoms with Crippen LogP contribution in [0.5, 0.6) is 0 Å². The molecule has 0 fully saturated rings. The molecular weight excluding hydrogens is 136 g/mol. The van der Waals surface area contributed by atoms with Crippen LogP contribution in [0.4, 0.5) is 0 Å². The number of thiol groups is 1. The molecule has 0 saturated carbocycles. The summed E-state index contributed by atoms with van der Waals surface area (Å²) in [4.78, 5) is 11.3. The molecule has 1 heterocycles. The highest BCUT2D eigenvalue weighted by Gasteiger charge is 1.88. The van der Waals surface area contributed by atoms with Gasteiger partial charge in [-0.25, -0.2) is 15.0 Å². The van der Waals surface area contributed by atoms with Crippen LogP contribution in [0.2, 0.25) is 0 Å². The molecular formula is C4H6N4S. The number of aromatic nitrogens is 3. The van der Waals surface area contributed by atoms with E-state index in [9.17, 15) is 0 Å². The number of hydrogen-bond donors (Lipinski definition) is 2. The largest absolute Gasteiger partial charge is 0.259 e. The van der Waals surface area contributed by atoms with E-state index in [2.05, 4.69) is 32.5 Å². The van der Waals surface area contributed by atoms with Crippen molar-refractivity contribution in [2.24, 2.45) is 0 Å². The summed E-state index contributed by atoms with van der Waals surface area (Å²) in [7, 11) is 0. The number of nitrogens with one attached hydrogen (secondary N) is 1. The average molecular weight is 142 g/mol. The Morgan fingerprint density at radius 1 is 1.44 bits per heavy atom. The predicted molar refractivity (Wildman–Crippen MR) is 35.7 cm³/mol. The summed E-state index contributed by atoms with van der Waals surface area (Å²) in [6, 6.07) is 0. The third-order valence-electron chi connectivity index (χ3n) is 0.784. The molecule has 0 aliphatic carbocycles. The molecule has 48 valence electrons. The van der Waals surface area contributed by atoms with Crippen LogP contribution in [-0.4, -0.2) is 15.0 Å². The molecule has 0 saturated heterocycles. The van der Waals surface area contributed by atoms with E-state index in [0.717, 1.165) is 0 Å². The van der Waals surface area contributed by atoms with Gasteiger partial charge in [-0.05, 0) is 0 Å². The summed E-state index contributed by atoms with van der Waals surface area (Å²) < 4.78 is 2.63. The Kier molecular flexibility index (Phi) is 2.41. The van der Waals surface area contributed by atoms with Gasteiger partial charge in [0, 0.05) is 0 Å². The molecule has 1 rings (SSSR count). The van der Waals surface area contributed by atoms with Gasteiger partial charge in [0.05, 0.1) is 6.54 Å². The van der Waals surface area contributed by atoms with Crippen molar-refractivity contribution < 1.29 is 0 Å². The number of hydrogen-bond acceptors (Lipinski definition) is 5. The minimum Gasteiger partial charge on any atom is -0.259 e. The highest BCUT2D eigenvalue weighted by molar-refractivity contribution is 7.78. The van der Waals surface area contributed by atoms with Crippen molar-refractivity contribution >= 4 is 12.8 Å². The maximum atomic E-state index is 3.83. The van der Waals surface area contributed by atoms with Gasteiger partial charge in [-0.15, -0.1) is 0 Å². The molecule has 0 unspecified atom stereocenters. The van der Waals surface area contributed by atoms with Gasteiger partial charge < -0.3 is 0 Å². The Morgan fingerprint density at radius 2 is 2.11 bits per heavy atom. The zero-order chi connectivity index (χ0) is 6.53. The van der Waals surface area contributed by atoms with E-state index in [1.165, 1.54) is 12.7 Å². The minimum absolute atomic E-state index is 0.561. The SMILES string of the molecule is SNCc1ncncn1. The molecule has 0 radical (unpaired) electrons. The van der Waals surface area contributed by atoms with Crippen LogP contribution in [0.15, 0.2) is 12.7 Å². The summed E-state index contributed by atoms with van der Waals surface area (Å²) in [5.41, 5.74) is 0. The smallest absolute Gasteiger partial charge is 0.146 e. The lowest BCUT2D eigenvalue weighted by atomic mass is 10.6. The van der Waals surface area contributed by atoms with Crippen LogP contribution >= 0.6 is 12.8 Å². The average Bonchev–Trinajstić information content (AvgIpc) is 1.91. The van der Waals surface area contributed by atoms with Crippen molar-refractivity contribution in [3.63, 3.8) is 0 Å². The first-order chi connectivity index (χ1) is 4.43. The Balaban J connectivity index is 2.61. The zero-order valence-corrected chi connectivity index (χ0v) is 5.55. The normalized spacial score (nSPS) is 9.44. The summed E-state index contributed by atoms with van der Waals surface area (Å²) in [5.74, 6) is 0.694. The maximum Gasteiger partial charge on any atom is 0.146 e. The molecule has 1 aromatic rings. The van der Waals surface area contributed by atoms with E-state index < -0.39 is 0 Å². The van der Waals surface area contributed by atoms with E-state index in [4.69, 9.17) is 0 Å². The molecule has 0 spiro atoms. The molecule has 4 nitrogen and oxygen atoms in total. The van der Waals surface area contributed by atoms with Gasteiger partial charge in [-0.1, -0.05) is 12.8 Å².